The van der Waals surface area contributed by atoms with E-state index in [9.17, 15) is 14.4 Å². The number of anilines is 2. The van der Waals surface area contributed by atoms with Gasteiger partial charge in [-0.1, -0.05) is 66.2 Å². The van der Waals surface area contributed by atoms with Crippen molar-refractivity contribution in [1.29, 1.82) is 0 Å². The average Bonchev–Trinajstić information content (AvgIpc) is 2.86. The molecule has 0 bridgehead atoms. The summed E-state index contributed by atoms with van der Waals surface area (Å²) in [5.41, 5.74) is 2.00. The van der Waals surface area contributed by atoms with Crippen LogP contribution in [0.15, 0.2) is 91.0 Å². The van der Waals surface area contributed by atoms with Gasteiger partial charge in [0.25, 0.3) is 0 Å². The molecule has 0 saturated carbocycles. The Hall–Kier alpha value is -3.70. The maximum atomic E-state index is 13.2. The third-order valence-corrected chi connectivity index (χ3v) is 5.94. The minimum Gasteiger partial charge on any atom is -0.326 e. The Kier molecular flexibility index (Phi) is 7.01. The first-order chi connectivity index (χ1) is 16.0. The monoisotopic (exact) mass is 458 g/mol. The Morgan fingerprint density at radius 2 is 1.27 bits per heavy atom. The third-order valence-electron chi connectivity index (χ3n) is 5.68. The molecule has 166 valence electrons. The number of halogens is 1. The molecule has 0 saturated heterocycles. The van der Waals surface area contributed by atoms with Crippen molar-refractivity contribution < 1.29 is 14.4 Å². The molecule has 0 fully saturated rings. The average molecular weight is 459 g/mol. The summed E-state index contributed by atoms with van der Waals surface area (Å²) in [5, 5.41) is 6.35. The first kappa shape index (κ1) is 22.5. The predicted octanol–water partition coefficient (Wildman–Crippen LogP) is 5.73. The van der Waals surface area contributed by atoms with Crippen LogP contribution in [0.3, 0.4) is 0 Å². The van der Waals surface area contributed by atoms with Crippen LogP contribution in [0.5, 0.6) is 0 Å². The van der Waals surface area contributed by atoms with Crippen molar-refractivity contribution in [2.75, 3.05) is 10.6 Å². The Morgan fingerprint density at radius 1 is 0.697 bits per heavy atom. The molecule has 0 aromatic heterocycles. The van der Waals surface area contributed by atoms with Gasteiger partial charge in [0.05, 0.1) is 17.5 Å². The maximum Gasteiger partial charge on any atom is 0.228 e. The molecular formula is C27H23ClN2O3. The summed E-state index contributed by atoms with van der Waals surface area (Å²) in [6.45, 7) is 0. The highest BCUT2D eigenvalue weighted by Crippen LogP contribution is 2.29. The highest BCUT2D eigenvalue weighted by molar-refractivity contribution is 6.30. The minimum absolute atomic E-state index is 0.174. The van der Waals surface area contributed by atoms with E-state index in [-0.39, 0.29) is 17.6 Å². The van der Waals surface area contributed by atoms with Gasteiger partial charge in [0.2, 0.25) is 11.8 Å². The molecule has 5 nitrogen and oxygen atoms in total. The molecule has 3 aromatic carbocycles. The Bertz CT molecular complexity index is 1190. The summed E-state index contributed by atoms with van der Waals surface area (Å²) >= 11 is 5.91. The number of amides is 2. The normalized spacial score (nSPS) is 17.2. The second-order valence-corrected chi connectivity index (χ2v) is 8.32. The molecule has 1 aliphatic rings. The van der Waals surface area contributed by atoms with Crippen molar-refractivity contribution >= 4 is 40.6 Å². The van der Waals surface area contributed by atoms with Crippen molar-refractivity contribution in [2.45, 2.75) is 12.8 Å². The van der Waals surface area contributed by atoms with E-state index >= 15 is 0 Å². The number of benzene rings is 3. The largest absolute Gasteiger partial charge is 0.326 e. The van der Waals surface area contributed by atoms with Gasteiger partial charge in [-0.25, -0.2) is 0 Å². The number of ketones is 1. The van der Waals surface area contributed by atoms with E-state index in [0.717, 1.165) is 0 Å². The lowest BCUT2D eigenvalue weighted by Crippen LogP contribution is -2.37. The Labute approximate surface area is 197 Å². The van der Waals surface area contributed by atoms with Gasteiger partial charge in [-0.2, -0.15) is 0 Å². The van der Waals surface area contributed by atoms with E-state index < -0.39 is 11.8 Å². The molecule has 2 atom stereocenters. The molecule has 2 unspecified atom stereocenters. The number of rotatable bonds is 6. The molecular weight excluding hydrogens is 436 g/mol. The summed E-state index contributed by atoms with van der Waals surface area (Å²) in [6, 6.07) is 22.7. The zero-order chi connectivity index (χ0) is 23.2. The van der Waals surface area contributed by atoms with Gasteiger partial charge in [0.1, 0.15) is 0 Å². The third kappa shape index (κ3) is 5.38. The molecule has 0 heterocycles. The zero-order valence-electron chi connectivity index (χ0n) is 17.8. The number of hydrogen-bond acceptors (Lipinski definition) is 3. The van der Waals surface area contributed by atoms with Crippen molar-refractivity contribution in [1.82, 2.24) is 0 Å². The predicted molar refractivity (Wildman–Crippen MR) is 130 cm³/mol. The van der Waals surface area contributed by atoms with Crippen LogP contribution in [0.25, 0.3) is 0 Å². The summed E-state index contributed by atoms with van der Waals surface area (Å²) in [4.78, 5) is 39.2. The van der Waals surface area contributed by atoms with Gasteiger partial charge < -0.3 is 10.6 Å². The minimum atomic E-state index is -0.554. The van der Waals surface area contributed by atoms with E-state index in [1.54, 1.807) is 72.8 Å². The molecule has 33 heavy (non-hydrogen) atoms. The van der Waals surface area contributed by atoms with Crippen LogP contribution in [0.4, 0.5) is 11.4 Å². The molecule has 2 N–H and O–H groups in total. The van der Waals surface area contributed by atoms with E-state index in [1.807, 2.05) is 18.2 Å². The molecule has 0 radical (unpaired) electrons. The van der Waals surface area contributed by atoms with Gasteiger partial charge >= 0.3 is 0 Å². The molecule has 3 aromatic rings. The lowest BCUT2D eigenvalue weighted by molar-refractivity contribution is -0.129. The molecule has 2 amide bonds. The number of allylic oxidation sites excluding steroid dienone is 2. The summed E-state index contributed by atoms with van der Waals surface area (Å²) in [7, 11) is 0. The molecule has 4 rings (SSSR count). The van der Waals surface area contributed by atoms with Gasteiger partial charge in [0, 0.05) is 21.8 Å². The highest BCUT2D eigenvalue weighted by Gasteiger charge is 2.34. The SMILES string of the molecule is O=C(c1ccccc1)c1ccccc1NC(=O)C1CC=CCC1C(=O)Nc1ccc(Cl)cc1. The number of para-hydroxylation sites is 1. The highest BCUT2D eigenvalue weighted by atomic mass is 35.5. The van der Waals surface area contributed by atoms with Crippen molar-refractivity contribution in [3.8, 4) is 0 Å². The summed E-state index contributed by atoms with van der Waals surface area (Å²) < 4.78 is 0. The van der Waals surface area contributed by atoms with Crippen LogP contribution in [-0.4, -0.2) is 17.6 Å². The van der Waals surface area contributed by atoms with Crippen molar-refractivity contribution in [3.63, 3.8) is 0 Å². The zero-order valence-corrected chi connectivity index (χ0v) is 18.6. The Morgan fingerprint density at radius 3 is 1.94 bits per heavy atom. The number of carbonyl (C=O) groups is 3. The van der Waals surface area contributed by atoms with Gasteiger partial charge in [0.15, 0.2) is 5.78 Å². The van der Waals surface area contributed by atoms with Gasteiger partial charge in [-0.05, 0) is 49.2 Å². The van der Waals surface area contributed by atoms with E-state index in [0.29, 0.717) is 40.4 Å². The smallest absolute Gasteiger partial charge is 0.228 e. The van der Waals surface area contributed by atoms with Crippen molar-refractivity contribution in [2.24, 2.45) is 11.8 Å². The standard InChI is InChI=1S/C27H23ClN2O3/c28-19-14-16-20(17-15-19)29-26(32)21-10-4-5-11-22(21)27(33)30-24-13-7-6-12-23(24)25(31)18-8-2-1-3-9-18/h1-9,12-17,21-22H,10-11H2,(H,29,32)(H,30,33). The number of nitrogens with one attached hydrogen (secondary N) is 2. The first-order valence-electron chi connectivity index (χ1n) is 10.7. The lowest BCUT2D eigenvalue weighted by atomic mass is 9.81. The van der Waals surface area contributed by atoms with Crippen LogP contribution in [0.2, 0.25) is 5.02 Å². The van der Waals surface area contributed by atoms with Gasteiger partial charge in [-0.3, -0.25) is 14.4 Å². The van der Waals surface area contributed by atoms with Crippen LogP contribution in [-0.2, 0) is 9.59 Å². The Balaban J connectivity index is 1.51. The molecule has 6 heteroatoms. The van der Waals surface area contributed by atoms with Crippen LogP contribution in [0, 0.1) is 11.8 Å². The molecule has 0 spiro atoms. The quantitative estimate of drug-likeness (QED) is 0.366. The first-order valence-corrected chi connectivity index (χ1v) is 11.1. The number of carbonyl (C=O) groups excluding carboxylic acids is 3. The fourth-order valence-corrected chi connectivity index (χ4v) is 4.05. The summed E-state index contributed by atoms with van der Waals surface area (Å²) in [5.74, 6) is -1.77. The van der Waals surface area contributed by atoms with Crippen molar-refractivity contribution in [3.05, 3.63) is 107 Å². The topological polar surface area (TPSA) is 75.3 Å². The summed E-state index contributed by atoms with van der Waals surface area (Å²) in [6.07, 6.45) is 4.74. The van der Waals surface area contributed by atoms with Crippen LogP contribution < -0.4 is 10.6 Å². The van der Waals surface area contributed by atoms with Crippen LogP contribution >= 0.6 is 11.6 Å². The van der Waals surface area contributed by atoms with E-state index in [1.165, 1.54) is 0 Å². The lowest BCUT2D eigenvalue weighted by Gasteiger charge is -2.27. The second-order valence-electron chi connectivity index (χ2n) is 7.88. The fraction of sp³-hybridized carbons (Fsp3) is 0.148. The van der Waals surface area contributed by atoms with Gasteiger partial charge in [-0.15, -0.1) is 0 Å². The fourth-order valence-electron chi connectivity index (χ4n) is 3.92. The van der Waals surface area contributed by atoms with E-state index in [2.05, 4.69) is 10.6 Å². The van der Waals surface area contributed by atoms with E-state index in [4.69, 9.17) is 11.6 Å². The molecule has 1 aliphatic carbocycles. The molecule has 0 aliphatic heterocycles. The maximum absolute atomic E-state index is 13.2. The number of hydrogen-bond donors (Lipinski definition) is 2. The van der Waals surface area contributed by atoms with Crippen LogP contribution in [0.1, 0.15) is 28.8 Å². The second kappa shape index (κ2) is 10.3.